The number of carbonyl (C=O) groups is 1. The summed E-state index contributed by atoms with van der Waals surface area (Å²) >= 11 is 0. The van der Waals surface area contributed by atoms with Gasteiger partial charge >= 0.3 is 0 Å². The van der Waals surface area contributed by atoms with Crippen molar-refractivity contribution in [1.82, 2.24) is 5.32 Å². The number of sulfone groups is 1. The van der Waals surface area contributed by atoms with Crippen LogP contribution in [0.2, 0.25) is 0 Å². The van der Waals surface area contributed by atoms with Gasteiger partial charge in [0.1, 0.15) is 0 Å². The van der Waals surface area contributed by atoms with Crippen LogP contribution in [0, 0.1) is 6.92 Å². The van der Waals surface area contributed by atoms with Gasteiger partial charge in [-0.05, 0) is 37.5 Å². The average Bonchev–Trinajstić information content (AvgIpc) is 2.43. The Balaban J connectivity index is 2.98. The Morgan fingerprint density at radius 2 is 1.86 bits per heavy atom. The number of carbonyl (C=O) groups excluding carboxylic acids is 1. The second kappa shape index (κ2) is 6.58. The summed E-state index contributed by atoms with van der Waals surface area (Å²) in [5, 5.41) is 12.8. The Hall–Kier alpha value is -1.40. The van der Waals surface area contributed by atoms with E-state index in [0.29, 0.717) is 24.0 Å². The van der Waals surface area contributed by atoms with E-state index < -0.39 is 15.4 Å². The minimum absolute atomic E-state index is 0.111. The molecule has 0 spiro atoms. The van der Waals surface area contributed by atoms with Gasteiger partial charge in [0.25, 0.3) is 5.91 Å². The summed E-state index contributed by atoms with van der Waals surface area (Å²) in [5.41, 5.74) is 0.0711. The molecule has 118 valence electrons. The number of hydrogen-bond acceptors (Lipinski definition) is 4. The standard InChI is InChI=1S/C15H23NO4S/c1-5-15(18,6-2)10-16-14(17)13-9-12(21(4,19)20)8-7-11(13)3/h7-9,18H,5-6,10H2,1-4H3,(H,16,17). The summed E-state index contributed by atoms with van der Waals surface area (Å²) in [4.78, 5) is 12.3. The van der Waals surface area contributed by atoms with Gasteiger partial charge in [0.2, 0.25) is 0 Å². The van der Waals surface area contributed by atoms with E-state index in [1.54, 1.807) is 13.0 Å². The Bertz CT molecular complexity index is 619. The molecule has 1 rings (SSSR count). The van der Waals surface area contributed by atoms with E-state index in [-0.39, 0.29) is 17.3 Å². The molecule has 0 radical (unpaired) electrons. The van der Waals surface area contributed by atoms with E-state index in [1.807, 2.05) is 13.8 Å². The molecule has 21 heavy (non-hydrogen) atoms. The molecule has 1 aromatic rings. The number of amides is 1. The summed E-state index contributed by atoms with van der Waals surface area (Å²) in [5.74, 6) is -0.377. The maximum Gasteiger partial charge on any atom is 0.251 e. The van der Waals surface area contributed by atoms with Crippen molar-refractivity contribution in [3.63, 3.8) is 0 Å². The fourth-order valence-corrected chi connectivity index (χ4v) is 2.56. The van der Waals surface area contributed by atoms with E-state index in [0.717, 1.165) is 6.26 Å². The maximum atomic E-state index is 12.2. The van der Waals surface area contributed by atoms with E-state index in [1.165, 1.54) is 12.1 Å². The average molecular weight is 313 g/mol. The summed E-state index contributed by atoms with van der Waals surface area (Å²) in [7, 11) is -3.36. The first-order chi connectivity index (χ1) is 9.63. The summed E-state index contributed by atoms with van der Waals surface area (Å²) in [6.45, 7) is 5.59. The topological polar surface area (TPSA) is 83.5 Å². The predicted octanol–water partition coefficient (Wildman–Crippen LogP) is 1.68. The fourth-order valence-electron chi connectivity index (χ4n) is 1.92. The van der Waals surface area contributed by atoms with Crippen LogP contribution in [-0.4, -0.2) is 37.8 Å². The molecular weight excluding hydrogens is 290 g/mol. The van der Waals surface area contributed by atoms with Gasteiger partial charge in [-0.3, -0.25) is 4.79 Å². The molecule has 0 heterocycles. The maximum absolute atomic E-state index is 12.2. The molecule has 0 atom stereocenters. The molecule has 0 aliphatic rings. The SMILES string of the molecule is CCC(O)(CC)CNC(=O)c1cc(S(C)(=O)=O)ccc1C. The van der Waals surface area contributed by atoms with Crippen molar-refractivity contribution in [1.29, 1.82) is 0 Å². The normalized spacial score (nSPS) is 12.2. The Morgan fingerprint density at radius 1 is 1.29 bits per heavy atom. The van der Waals surface area contributed by atoms with Crippen molar-refractivity contribution in [3.05, 3.63) is 29.3 Å². The number of nitrogens with one attached hydrogen (secondary N) is 1. The van der Waals surface area contributed by atoms with E-state index >= 15 is 0 Å². The van der Waals surface area contributed by atoms with E-state index in [4.69, 9.17) is 0 Å². The second-order valence-electron chi connectivity index (χ2n) is 5.36. The van der Waals surface area contributed by atoms with E-state index in [2.05, 4.69) is 5.32 Å². The van der Waals surface area contributed by atoms with Crippen LogP contribution in [0.4, 0.5) is 0 Å². The number of rotatable bonds is 6. The smallest absolute Gasteiger partial charge is 0.251 e. The van der Waals surface area contributed by atoms with Crippen molar-refractivity contribution in [2.24, 2.45) is 0 Å². The van der Waals surface area contributed by atoms with Crippen LogP contribution in [0.1, 0.15) is 42.6 Å². The zero-order valence-corrected chi connectivity index (χ0v) is 13.8. The first-order valence-corrected chi connectivity index (χ1v) is 8.83. The minimum Gasteiger partial charge on any atom is -0.388 e. The lowest BCUT2D eigenvalue weighted by Gasteiger charge is -2.25. The molecule has 0 unspecified atom stereocenters. The molecule has 0 saturated carbocycles. The first-order valence-electron chi connectivity index (χ1n) is 6.94. The van der Waals surface area contributed by atoms with Crippen molar-refractivity contribution >= 4 is 15.7 Å². The molecular formula is C15H23NO4S. The van der Waals surface area contributed by atoms with Gasteiger partial charge in [0, 0.05) is 18.4 Å². The third kappa shape index (κ3) is 4.54. The van der Waals surface area contributed by atoms with Crippen LogP contribution in [0.25, 0.3) is 0 Å². The number of aliphatic hydroxyl groups is 1. The van der Waals surface area contributed by atoms with Gasteiger partial charge in [0.15, 0.2) is 9.84 Å². The summed E-state index contributed by atoms with van der Waals surface area (Å²) in [6, 6.07) is 4.46. The third-order valence-corrected chi connectivity index (χ3v) is 4.89. The molecule has 0 aliphatic carbocycles. The minimum atomic E-state index is -3.36. The molecule has 1 aromatic carbocycles. The van der Waals surface area contributed by atoms with Crippen LogP contribution >= 0.6 is 0 Å². The molecule has 1 amide bonds. The van der Waals surface area contributed by atoms with Gasteiger partial charge in [-0.2, -0.15) is 0 Å². The zero-order valence-electron chi connectivity index (χ0n) is 12.9. The number of hydrogen-bond donors (Lipinski definition) is 2. The molecule has 6 heteroatoms. The van der Waals surface area contributed by atoms with Crippen molar-refractivity contribution in [3.8, 4) is 0 Å². The molecule has 0 fully saturated rings. The van der Waals surface area contributed by atoms with Gasteiger partial charge in [-0.25, -0.2) is 8.42 Å². The third-order valence-electron chi connectivity index (χ3n) is 3.78. The molecule has 0 aromatic heterocycles. The highest BCUT2D eigenvalue weighted by molar-refractivity contribution is 7.90. The van der Waals surface area contributed by atoms with Gasteiger partial charge < -0.3 is 10.4 Å². The highest BCUT2D eigenvalue weighted by Crippen LogP contribution is 2.17. The molecule has 2 N–H and O–H groups in total. The summed E-state index contributed by atoms with van der Waals surface area (Å²) in [6.07, 6.45) is 2.17. The van der Waals surface area contributed by atoms with Crippen LogP contribution in [0.3, 0.4) is 0 Å². The van der Waals surface area contributed by atoms with Crippen LogP contribution in [0.15, 0.2) is 23.1 Å². The molecule has 0 bridgehead atoms. The van der Waals surface area contributed by atoms with Crippen molar-refractivity contribution < 1.29 is 18.3 Å². The quantitative estimate of drug-likeness (QED) is 0.837. The first kappa shape index (κ1) is 17.7. The van der Waals surface area contributed by atoms with Crippen LogP contribution in [-0.2, 0) is 9.84 Å². The lowest BCUT2D eigenvalue weighted by Crippen LogP contribution is -2.42. The van der Waals surface area contributed by atoms with Gasteiger partial charge in [-0.15, -0.1) is 0 Å². The zero-order chi connectivity index (χ0) is 16.3. The summed E-state index contributed by atoms with van der Waals surface area (Å²) < 4.78 is 23.1. The van der Waals surface area contributed by atoms with E-state index in [9.17, 15) is 18.3 Å². The Morgan fingerprint density at radius 3 is 2.33 bits per heavy atom. The monoisotopic (exact) mass is 313 g/mol. The highest BCUT2D eigenvalue weighted by atomic mass is 32.2. The lowest BCUT2D eigenvalue weighted by molar-refractivity contribution is 0.0314. The predicted molar refractivity (Wildman–Crippen MR) is 82.2 cm³/mol. The van der Waals surface area contributed by atoms with Crippen LogP contribution < -0.4 is 5.32 Å². The lowest BCUT2D eigenvalue weighted by atomic mass is 9.97. The number of benzene rings is 1. The Labute approximate surface area is 126 Å². The van der Waals surface area contributed by atoms with Crippen LogP contribution in [0.5, 0.6) is 0 Å². The number of aryl methyl sites for hydroxylation is 1. The fraction of sp³-hybridized carbons (Fsp3) is 0.533. The van der Waals surface area contributed by atoms with Gasteiger partial charge in [-0.1, -0.05) is 19.9 Å². The second-order valence-corrected chi connectivity index (χ2v) is 7.38. The largest absolute Gasteiger partial charge is 0.388 e. The molecule has 5 nitrogen and oxygen atoms in total. The van der Waals surface area contributed by atoms with Crippen molar-refractivity contribution in [2.45, 2.75) is 44.1 Å². The molecule has 0 aliphatic heterocycles. The highest BCUT2D eigenvalue weighted by Gasteiger charge is 2.23. The Kier molecular flexibility index (Phi) is 5.53. The molecule has 0 saturated heterocycles. The van der Waals surface area contributed by atoms with Crippen molar-refractivity contribution in [2.75, 3.05) is 12.8 Å². The van der Waals surface area contributed by atoms with Gasteiger partial charge in [0.05, 0.1) is 10.5 Å².